The van der Waals surface area contributed by atoms with Gasteiger partial charge in [-0.25, -0.2) is 4.98 Å². The second kappa shape index (κ2) is 5.63. The van der Waals surface area contributed by atoms with Crippen LogP contribution in [0.15, 0.2) is 53.3 Å². The zero-order chi connectivity index (χ0) is 14.7. The molecule has 0 saturated heterocycles. The normalized spacial score (nSPS) is 11.1. The van der Waals surface area contributed by atoms with Gasteiger partial charge in [-0.3, -0.25) is 4.79 Å². The monoisotopic (exact) mass is 278 g/mol. The summed E-state index contributed by atoms with van der Waals surface area (Å²) in [5.41, 5.74) is 1.52. The standard InChI is InChI=1S/C17H14N2O2/c1-21-13-8-9-15-14(11-13)17(20)19-16(18-15)10-7-12-5-3-2-4-6-12/h2-11H,1H3,(H,18,19,20)/b10-7+. The lowest BCUT2D eigenvalue weighted by molar-refractivity contribution is 0.415. The van der Waals surface area contributed by atoms with Crippen LogP contribution in [0.5, 0.6) is 5.75 Å². The number of nitrogens with one attached hydrogen (secondary N) is 1. The van der Waals surface area contributed by atoms with E-state index in [1.807, 2.05) is 36.4 Å². The molecule has 104 valence electrons. The molecule has 3 rings (SSSR count). The summed E-state index contributed by atoms with van der Waals surface area (Å²) in [6.45, 7) is 0. The van der Waals surface area contributed by atoms with E-state index >= 15 is 0 Å². The third kappa shape index (κ3) is 2.84. The summed E-state index contributed by atoms with van der Waals surface area (Å²) in [5, 5.41) is 0.520. The molecule has 2 aromatic carbocycles. The number of ether oxygens (including phenoxy) is 1. The van der Waals surface area contributed by atoms with Crippen LogP contribution >= 0.6 is 0 Å². The van der Waals surface area contributed by atoms with Crippen molar-refractivity contribution >= 4 is 23.1 Å². The zero-order valence-corrected chi connectivity index (χ0v) is 11.5. The summed E-state index contributed by atoms with van der Waals surface area (Å²) < 4.78 is 5.12. The van der Waals surface area contributed by atoms with Gasteiger partial charge in [-0.1, -0.05) is 36.4 Å². The lowest BCUT2D eigenvalue weighted by Gasteiger charge is -2.02. The van der Waals surface area contributed by atoms with Crippen molar-refractivity contribution in [3.05, 3.63) is 70.3 Å². The van der Waals surface area contributed by atoms with E-state index in [0.29, 0.717) is 22.5 Å². The number of rotatable bonds is 3. The van der Waals surface area contributed by atoms with Crippen LogP contribution in [-0.2, 0) is 0 Å². The van der Waals surface area contributed by atoms with Crippen molar-refractivity contribution in [2.24, 2.45) is 0 Å². The van der Waals surface area contributed by atoms with E-state index < -0.39 is 0 Å². The summed E-state index contributed by atoms with van der Waals surface area (Å²) in [7, 11) is 1.57. The summed E-state index contributed by atoms with van der Waals surface area (Å²) in [6.07, 6.45) is 3.70. The van der Waals surface area contributed by atoms with Crippen LogP contribution in [0.25, 0.3) is 23.1 Å². The first kappa shape index (κ1) is 13.1. The lowest BCUT2D eigenvalue weighted by Crippen LogP contribution is -2.09. The number of fused-ring (bicyclic) bond motifs is 1. The largest absolute Gasteiger partial charge is 0.497 e. The van der Waals surface area contributed by atoms with Crippen LogP contribution in [0, 0.1) is 0 Å². The Bertz CT molecular complexity index is 852. The van der Waals surface area contributed by atoms with Crippen molar-refractivity contribution in [3.63, 3.8) is 0 Å². The third-order valence-corrected chi connectivity index (χ3v) is 3.16. The van der Waals surface area contributed by atoms with Crippen molar-refractivity contribution in [2.45, 2.75) is 0 Å². The van der Waals surface area contributed by atoms with Crippen LogP contribution in [-0.4, -0.2) is 17.1 Å². The molecule has 0 amide bonds. The Labute approximate surface area is 121 Å². The van der Waals surface area contributed by atoms with Gasteiger partial charge >= 0.3 is 0 Å². The van der Waals surface area contributed by atoms with E-state index in [-0.39, 0.29) is 5.56 Å². The minimum Gasteiger partial charge on any atom is -0.497 e. The number of hydrogen-bond donors (Lipinski definition) is 1. The van der Waals surface area contributed by atoms with Gasteiger partial charge in [0.2, 0.25) is 0 Å². The fourth-order valence-electron chi connectivity index (χ4n) is 2.08. The van der Waals surface area contributed by atoms with E-state index in [2.05, 4.69) is 9.97 Å². The first-order valence-electron chi connectivity index (χ1n) is 6.57. The van der Waals surface area contributed by atoms with Crippen LogP contribution in [0.3, 0.4) is 0 Å². The minimum absolute atomic E-state index is 0.174. The Morgan fingerprint density at radius 2 is 1.90 bits per heavy atom. The number of aromatic amines is 1. The van der Waals surface area contributed by atoms with Crippen molar-refractivity contribution in [3.8, 4) is 5.75 Å². The summed E-state index contributed by atoms with van der Waals surface area (Å²) in [4.78, 5) is 19.3. The smallest absolute Gasteiger partial charge is 0.259 e. The highest BCUT2D eigenvalue weighted by Gasteiger charge is 2.03. The first-order chi connectivity index (χ1) is 10.3. The highest BCUT2D eigenvalue weighted by molar-refractivity contribution is 5.80. The van der Waals surface area contributed by atoms with Gasteiger partial charge in [0.1, 0.15) is 11.6 Å². The molecule has 4 heteroatoms. The number of benzene rings is 2. The maximum atomic E-state index is 12.1. The molecule has 0 bridgehead atoms. The first-order valence-corrected chi connectivity index (χ1v) is 6.57. The van der Waals surface area contributed by atoms with Gasteiger partial charge in [0.25, 0.3) is 5.56 Å². The quantitative estimate of drug-likeness (QED) is 0.801. The molecule has 0 radical (unpaired) electrons. The van der Waals surface area contributed by atoms with E-state index in [4.69, 9.17) is 4.74 Å². The molecule has 0 saturated carbocycles. The molecule has 3 aromatic rings. The molecule has 0 aliphatic rings. The van der Waals surface area contributed by atoms with Gasteiger partial charge in [-0.05, 0) is 29.8 Å². The average molecular weight is 278 g/mol. The molecule has 0 atom stereocenters. The topological polar surface area (TPSA) is 55.0 Å². The number of H-pyrrole nitrogens is 1. The van der Waals surface area contributed by atoms with Gasteiger partial charge in [-0.2, -0.15) is 0 Å². The van der Waals surface area contributed by atoms with Crippen molar-refractivity contribution < 1.29 is 4.74 Å². The molecule has 0 fully saturated rings. The predicted molar refractivity (Wildman–Crippen MR) is 84.3 cm³/mol. The van der Waals surface area contributed by atoms with Crippen LogP contribution in [0.4, 0.5) is 0 Å². The SMILES string of the molecule is COc1ccc2nc(/C=C/c3ccccc3)[nH]c(=O)c2c1. The van der Waals surface area contributed by atoms with Crippen LogP contribution < -0.4 is 10.3 Å². The number of methoxy groups -OCH3 is 1. The summed E-state index contributed by atoms with van der Waals surface area (Å²) in [6, 6.07) is 15.1. The fourth-order valence-corrected chi connectivity index (χ4v) is 2.08. The lowest BCUT2D eigenvalue weighted by atomic mass is 10.2. The third-order valence-electron chi connectivity index (χ3n) is 3.16. The second-order valence-electron chi connectivity index (χ2n) is 4.58. The Hall–Kier alpha value is -2.88. The summed E-state index contributed by atoms with van der Waals surface area (Å²) >= 11 is 0. The molecule has 1 aromatic heterocycles. The van der Waals surface area contributed by atoms with E-state index in [0.717, 1.165) is 5.56 Å². The highest BCUT2D eigenvalue weighted by atomic mass is 16.5. The second-order valence-corrected chi connectivity index (χ2v) is 4.58. The van der Waals surface area contributed by atoms with Gasteiger partial charge in [0.05, 0.1) is 18.0 Å². The predicted octanol–water partition coefficient (Wildman–Crippen LogP) is 3.10. The fraction of sp³-hybridized carbons (Fsp3) is 0.0588. The number of aromatic nitrogens is 2. The molecule has 0 spiro atoms. The van der Waals surface area contributed by atoms with E-state index in [9.17, 15) is 4.79 Å². The number of hydrogen-bond acceptors (Lipinski definition) is 3. The maximum Gasteiger partial charge on any atom is 0.259 e. The summed E-state index contributed by atoms with van der Waals surface area (Å²) in [5.74, 6) is 1.17. The van der Waals surface area contributed by atoms with Crippen LogP contribution in [0.1, 0.15) is 11.4 Å². The van der Waals surface area contributed by atoms with Gasteiger partial charge in [0, 0.05) is 0 Å². The Morgan fingerprint density at radius 3 is 2.67 bits per heavy atom. The average Bonchev–Trinajstić information content (AvgIpc) is 2.54. The molecule has 0 aliphatic heterocycles. The Kier molecular flexibility index (Phi) is 3.51. The van der Waals surface area contributed by atoms with E-state index in [1.165, 1.54) is 0 Å². The van der Waals surface area contributed by atoms with Gasteiger partial charge < -0.3 is 9.72 Å². The molecule has 0 unspecified atom stereocenters. The zero-order valence-electron chi connectivity index (χ0n) is 11.5. The van der Waals surface area contributed by atoms with Crippen molar-refractivity contribution in [1.82, 2.24) is 9.97 Å². The molecule has 1 N–H and O–H groups in total. The van der Waals surface area contributed by atoms with Crippen molar-refractivity contribution in [1.29, 1.82) is 0 Å². The Morgan fingerprint density at radius 1 is 1.10 bits per heavy atom. The molecule has 21 heavy (non-hydrogen) atoms. The van der Waals surface area contributed by atoms with Crippen molar-refractivity contribution in [2.75, 3.05) is 7.11 Å². The minimum atomic E-state index is -0.174. The molecule has 1 heterocycles. The highest BCUT2D eigenvalue weighted by Crippen LogP contribution is 2.16. The maximum absolute atomic E-state index is 12.1. The van der Waals surface area contributed by atoms with E-state index in [1.54, 1.807) is 31.4 Å². The molecule has 0 aliphatic carbocycles. The Balaban J connectivity index is 2.01. The van der Waals surface area contributed by atoms with Crippen LogP contribution in [0.2, 0.25) is 0 Å². The van der Waals surface area contributed by atoms with Gasteiger partial charge in [-0.15, -0.1) is 0 Å². The van der Waals surface area contributed by atoms with Gasteiger partial charge in [0.15, 0.2) is 0 Å². The molecular weight excluding hydrogens is 264 g/mol. The number of nitrogens with zero attached hydrogens (tertiary/aromatic N) is 1. The molecular formula is C17H14N2O2. The molecule has 4 nitrogen and oxygen atoms in total.